The predicted molar refractivity (Wildman–Crippen MR) is 91.1 cm³/mol. The summed E-state index contributed by atoms with van der Waals surface area (Å²) in [6.07, 6.45) is 3.02. The first-order chi connectivity index (χ1) is 11.9. The second kappa shape index (κ2) is 6.73. The molecule has 0 saturated heterocycles. The summed E-state index contributed by atoms with van der Waals surface area (Å²) in [5.74, 6) is -0.584. The number of hydrogen-bond acceptors (Lipinski definition) is 4. The van der Waals surface area contributed by atoms with E-state index in [-0.39, 0.29) is 4.90 Å². The molecule has 3 rings (SSSR count). The summed E-state index contributed by atoms with van der Waals surface area (Å²) >= 11 is 0. The van der Waals surface area contributed by atoms with E-state index in [1.807, 2.05) is 24.3 Å². The van der Waals surface area contributed by atoms with Crippen LogP contribution in [0, 0.1) is 5.82 Å². The molecule has 8 heteroatoms. The van der Waals surface area contributed by atoms with Gasteiger partial charge >= 0.3 is 0 Å². The van der Waals surface area contributed by atoms with Gasteiger partial charge in [0.15, 0.2) is 0 Å². The zero-order valence-electron chi connectivity index (χ0n) is 13.7. The van der Waals surface area contributed by atoms with Crippen LogP contribution in [0.2, 0.25) is 0 Å². The van der Waals surface area contributed by atoms with Gasteiger partial charge in [0, 0.05) is 13.1 Å². The van der Waals surface area contributed by atoms with E-state index >= 15 is 0 Å². The number of aromatic nitrogens is 3. The summed E-state index contributed by atoms with van der Waals surface area (Å²) in [5.41, 5.74) is 1.63. The summed E-state index contributed by atoms with van der Waals surface area (Å²) < 4.78 is 41.6. The number of hydrogen-bond donors (Lipinski definition) is 0. The lowest BCUT2D eigenvalue weighted by Crippen LogP contribution is -2.29. The Morgan fingerprint density at radius 1 is 1.16 bits per heavy atom. The van der Waals surface area contributed by atoms with Gasteiger partial charge in [0.2, 0.25) is 10.0 Å². The second-order valence-electron chi connectivity index (χ2n) is 5.59. The molecule has 0 aliphatic carbocycles. The van der Waals surface area contributed by atoms with Crippen LogP contribution in [-0.4, -0.2) is 34.5 Å². The third kappa shape index (κ3) is 3.45. The Kier molecular flexibility index (Phi) is 4.65. The number of benzene rings is 2. The van der Waals surface area contributed by atoms with Crippen molar-refractivity contribution in [3.8, 4) is 5.69 Å². The third-order valence-corrected chi connectivity index (χ3v) is 6.00. The zero-order valence-corrected chi connectivity index (χ0v) is 14.6. The molecule has 2 aromatic carbocycles. The van der Waals surface area contributed by atoms with Gasteiger partial charge in [-0.15, -0.1) is 0 Å². The van der Waals surface area contributed by atoms with E-state index in [4.69, 9.17) is 0 Å². The molecule has 1 heterocycles. The van der Waals surface area contributed by atoms with Gasteiger partial charge in [-0.25, -0.2) is 22.5 Å². The Morgan fingerprint density at radius 3 is 2.48 bits per heavy atom. The molecule has 0 N–H and O–H groups in total. The molecule has 1 atom stereocenters. The van der Waals surface area contributed by atoms with Gasteiger partial charge in [0.1, 0.15) is 18.5 Å². The SMILES string of the molecule is CC(c1ccc(-n2cncn2)cc1)N(C)S(=O)(=O)c1cccc(F)c1. The van der Waals surface area contributed by atoms with Crippen LogP contribution in [0.4, 0.5) is 4.39 Å². The predicted octanol–water partition coefficient (Wildman–Crippen LogP) is 2.79. The molecule has 0 radical (unpaired) electrons. The second-order valence-corrected chi connectivity index (χ2v) is 7.58. The molecular formula is C17H17FN4O2S. The first kappa shape index (κ1) is 17.2. The van der Waals surface area contributed by atoms with Gasteiger partial charge in [-0.05, 0) is 42.8 Å². The minimum Gasteiger partial charge on any atom is -0.223 e. The lowest BCUT2D eigenvalue weighted by molar-refractivity contribution is 0.398. The average molecular weight is 360 g/mol. The summed E-state index contributed by atoms with van der Waals surface area (Å²) in [6, 6.07) is 11.9. The fraction of sp³-hybridized carbons (Fsp3) is 0.176. The van der Waals surface area contributed by atoms with Crippen molar-refractivity contribution in [1.82, 2.24) is 19.1 Å². The Labute approximate surface area is 145 Å². The van der Waals surface area contributed by atoms with Crippen LogP contribution in [0.3, 0.4) is 0 Å². The van der Waals surface area contributed by atoms with Crippen LogP contribution in [0.1, 0.15) is 18.5 Å². The maximum absolute atomic E-state index is 13.4. The first-order valence-corrected chi connectivity index (χ1v) is 9.02. The Morgan fingerprint density at radius 2 is 1.88 bits per heavy atom. The maximum Gasteiger partial charge on any atom is 0.243 e. The van der Waals surface area contributed by atoms with Crippen LogP contribution in [0.25, 0.3) is 5.69 Å². The van der Waals surface area contributed by atoms with E-state index in [0.717, 1.165) is 17.3 Å². The lowest BCUT2D eigenvalue weighted by atomic mass is 10.1. The van der Waals surface area contributed by atoms with E-state index in [0.29, 0.717) is 0 Å². The topological polar surface area (TPSA) is 68.1 Å². The largest absolute Gasteiger partial charge is 0.243 e. The van der Waals surface area contributed by atoms with Gasteiger partial charge in [0.25, 0.3) is 0 Å². The molecule has 25 heavy (non-hydrogen) atoms. The fourth-order valence-electron chi connectivity index (χ4n) is 2.46. The van der Waals surface area contributed by atoms with Gasteiger partial charge in [-0.3, -0.25) is 0 Å². The highest BCUT2D eigenvalue weighted by Crippen LogP contribution is 2.26. The molecule has 0 amide bonds. The van der Waals surface area contributed by atoms with E-state index in [2.05, 4.69) is 10.1 Å². The van der Waals surface area contributed by atoms with Crippen molar-refractivity contribution >= 4 is 10.0 Å². The van der Waals surface area contributed by atoms with Crippen LogP contribution in [0.5, 0.6) is 0 Å². The van der Waals surface area contributed by atoms with Crippen molar-refractivity contribution in [1.29, 1.82) is 0 Å². The average Bonchev–Trinajstić information content (AvgIpc) is 3.15. The van der Waals surface area contributed by atoms with Gasteiger partial charge in [-0.1, -0.05) is 18.2 Å². The summed E-state index contributed by atoms with van der Waals surface area (Å²) in [6.45, 7) is 1.78. The van der Waals surface area contributed by atoms with Gasteiger partial charge in [-0.2, -0.15) is 9.40 Å². The van der Waals surface area contributed by atoms with Crippen molar-refractivity contribution in [2.45, 2.75) is 17.9 Å². The van der Waals surface area contributed by atoms with Crippen molar-refractivity contribution < 1.29 is 12.8 Å². The Bertz CT molecular complexity index is 957. The molecule has 3 aromatic rings. The molecule has 0 aliphatic heterocycles. The summed E-state index contributed by atoms with van der Waals surface area (Å²) in [4.78, 5) is 3.82. The lowest BCUT2D eigenvalue weighted by Gasteiger charge is -2.25. The number of nitrogens with zero attached hydrogens (tertiary/aromatic N) is 4. The summed E-state index contributed by atoms with van der Waals surface area (Å²) in [5, 5.41) is 4.05. The molecule has 1 unspecified atom stereocenters. The van der Waals surface area contributed by atoms with Crippen LogP contribution in [-0.2, 0) is 10.0 Å². The van der Waals surface area contributed by atoms with Crippen molar-refractivity contribution in [2.24, 2.45) is 0 Å². The highest BCUT2D eigenvalue weighted by molar-refractivity contribution is 7.89. The molecule has 130 valence electrons. The van der Waals surface area contributed by atoms with Gasteiger partial charge in [0.05, 0.1) is 10.6 Å². The molecule has 0 bridgehead atoms. The van der Waals surface area contributed by atoms with E-state index in [1.54, 1.807) is 17.9 Å². The third-order valence-electron chi connectivity index (χ3n) is 4.08. The standard InChI is InChI=1S/C17H17FN4O2S/c1-13(14-6-8-16(9-7-14)22-12-19-11-20-22)21(2)25(23,24)17-5-3-4-15(18)10-17/h3-13H,1-2H3. The van der Waals surface area contributed by atoms with Crippen molar-refractivity contribution in [3.05, 3.63) is 72.6 Å². The van der Waals surface area contributed by atoms with Crippen LogP contribution >= 0.6 is 0 Å². The fourth-order valence-corrected chi connectivity index (χ4v) is 3.84. The monoisotopic (exact) mass is 360 g/mol. The molecule has 1 aromatic heterocycles. The molecule has 0 fully saturated rings. The molecule has 0 saturated carbocycles. The normalized spacial score (nSPS) is 13.1. The zero-order chi connectivity index (χ0) is 18.0. The molecular weight excluding hydrogens is 343 g/mol. The van der Waals surface area contributed by atoms with E-state index < -0.39 is 21.9 Å². The number of halogens is 1. The highest BCUT2D eigenvalue weighted by Gasteiger charge is 2.26. The van der Waals surface area contributed by atoms with E-state index in [1.165, 1.54) is 35.9 Å². The number of sulfonamides is 1. The Hall–Kier alpha value is -2.58. The Balaban J connectivity index is 1.85. The minimum absolute atomic E-state index is 0.0684. The molecule has 0 spiro atoms. The molecule has 6 nitrogen and oxygen atoms in total. The summed E-state index contributed by atoms with van der Waals surface area (Å²) in [7, 11) is -2.31. The van der Waals surface area contributed by atoms with E-state index in [9.17, 15) is 12.8 Å². The first-order valence-electron chi connectivity index (χ1n) is 7.58. The highest BCUT2D eigenvalue weighted by atomic mass is 32.2. The van der Waals surface area contributed by atoms with Crippen molar-refractivity contribution in [2.75, 3.05) is 7.05 Å². The van der Waals surface area contributed by atoms with Gasteiger partial charge < -0.3 is 0 Å². The maximum atomic E-state index is 13.4. The van der Waals surface area contributed by atoms with Crippen molar-refractivity contribution in [3.63, 3.8) is 0 Å². The minimum atomic E-state index is -3.80. The molecule has 0 aliphatic rings. The number of rotatable bonds is 5. The quantitative estimate of drug-likeness (QED) is 0.702. The van der Waals surface area contributed by atoms with Crippen LogP contribution < -0.4 is 0 Å². The van der Waals surface area contributed by atoms with Crippen LogP contribution in [0.15, 0.2) is 66.1 Å². The smallest absolute Gasteiger partial charge is 0.223 e.